The van der Waals surface area contributed by atoms with E-state index in [1.807, 2.05) is 0 Å². The van der Waals surface area contributed by atoms with Gasteiger partial charge in [0.2, 0.25) is 0 Å². The zero-order chi connectivity index (χ0) is 15.3. The van der Waals surface area contributed by atoms with Gasteiger partial charge in [0.15, 0.2) is 0 Å². The quantitative estimate of drug-likeness (QED) is 0.739. The Morgan fingerprint density at radius 2 is 2.09 bits per heavy atom. The molecule has 0 aromatic heterocycles. The van der Waals surface area contributed by atoms with Gasteiger partial charge in [-0.05, 0) is 74.1 Å². The summed E-state index contributed by atoms with van der Waals surface area (Å²) < 4.78 is 11.2. The standard InChI is InChI=1S/C19H24O3/c1-19-10-9-15-14-6-4-13(21-2)11-12(14)3-5-16(15)17(19)7-8-18(20)22-19/h4,6,11,15-17H,3,5,7-10H2,1-2H3/t15-,16+,17+,19-/m1/s1. The molecule has 1 aromatic carbocycles. The van der Waals surface area contributed by atoms with Crippen molar-refractivity contribution < 1.29 is 14.3 Å². The van der Waals surface area contributed by atoms with Crippen LogP contribution >= 0.6 is 0 Å². The van der Waals surface area contributed by atoms with E-state index in [9.17, 15) is 4.79 Å². The third-order valence-electron chi connectivity index (χ3n) is 6.27. The van der Waals surface area contributed by atoms with Gasteiger partial charge in [0.1, 0.15) is 11.4 Å². The van der Waals surface area contributed by atoms with Crippen LogP contribution < -0.4 is 4.74 Å². The lowest BCUT2D eigenvalue weighted by atomic mass is 9.57. The van der Waals surface area contributed by atoms with Crippen molar-refractivity contribution in [3.8, 4) is 5.75 Å². The molecule has 4 rings (SSSR count). The predicted octanol–water partition coefficient (Wildman–Crippen LogP) is 3.85. The SMILES string of the molecule is COc1ccc2c(c1)CC[C@H]1[C@@H]2CC[C@@]2(C)OC(=O)CC[C@@H]12. The summed E-state index contributed by atoms with van der Waals surface area (Å²) >= 11 is 0. The molecule has 3 aliphatic rings. The number of carbonyl (C=O) groups is 1. The zero-order valence-electron chi connectivity index (χ0n) is 13.4. The highest BCUT2D eigenvalue weighted by Crippen LogP contribution is 2.55. The van der Waals surface area contributed by atoms with Gasteiger partial charge in [0.05, 0.1) is 7.11 Å². The first-order valence-electron chi connectivity index (χ1n) is 8.49. The summed E-state index contributed by atoms with van der Waals surface area (Å²) in [5.41, 5.74) is 2.74. The van der Waals surface area contributed by atoms with Crippen molar-refractivity contribution in [2.75, 3.05) is 7.11 Å². The van der Waals surface area contributed by atoms with Crippen LogP contribution in [0, 0.1) is 11.8 Å². The summed E-state index contributed by atoms with van der Waals surface area (Å²) in [6.07, 6.45) is 6.05. The number of esters is 1. The Hall–Kier alpha value is -1.51. The van der Waals surface area contributed by atoms with Crippen molar-refractivity contribution in [2.45, 2.75) is 57.0 Å². The van der Waals surface area contributed by atoms with Gasteiger partial charge in [-0.15, -0.1) is 0 Å². The third kappa shape index (κ3) is 2.05. The number of carbonyl (C=O) groups excluding carboxylic acids is 1. The molecule has 4 atom stereocenters. The lowest BCUT2D eigenvalue weighted by Crippen LogP contribution is -2.52. The molecule has 118 valence electrons. The van der Waals surface area contributed by atoms with Gasteiger partial charge in [0, 0.05) is 12.3 Å². The van der Waals surface area contributed by atoms with E-state index >= 15 is 0 Å². The van der Waals surface area contributed by atoms with Crippen molar-refractivity contribution in [1.82, 2.24) is 0 Å². The fourth-order valence-corrected chi connectivity index (χ4v) is 5.20. The average Bonchev–Trinajstić information content (AvgIpc) is 2.52. The van der Waals surface area contributed by atoms with Crippen LogP contribution in [-0.2, 0) is 16.0 Å². The maximum Gasteiger partial charge on any atom is 0.306 e. The Bertz CT molecular complexity index is 609. The summed E-state index contributed by atoms with van der Waals surface area (Å²) in [4.78, 5) is 11.7. The number of rotatable bonds is 1. The molecule has 1 saturated carbocycles. The monoisotopic (exact) mass is 300 g/mol. The molecule has 3 nitrogen and oxygen atoms in total. The fraction of sp³-hybridized carbons (Fsp3) is 0.632. The van der Waals surface area contributed by atoms with Crippen molar-refractivity contribution in [1.29, 1.82) is 0 Å². The van der Waals surface area contributed by atoms with Crippen LogP contribution in [0.3, 0.4) is 0 Å². The number of ether oxygens (including phenoxy) is 2. The van der Waals surface area contributed by atoms with Gasteiger partial charge in [-0.3, -0.25) is 4.79 Å². The molecular formula is C19H24O3. The lowest BCUT2D eigenvalue weighted by molar-refractivity contribution is -0.185. The Morgan fingerprint density at radius 1 is 1.23 bits per heavy atom. The maximum atomic E-state index is 11.7. The van der Waals surface area contributed by atoms with Gasteiger partial charge in [0.25, 0.3) is 0 Å². The first-order chi connectivity index (χ1) is 10.6. The van der Waals surface area contributed by atoms with Gasteiger partial charge < -0.3 is 9.47 Å². The Labute approximate surface area is 132 Å². The number of aryl methyl sites for hydroxylation is 1. The van der Waals surface area contributed by atoms with E-state index in [1.165, 1.54) is 17.5 Å². The van der Waals surface area contributed by atoms with E-state index in [4.69, 9.17) is 9.47 Å². The second-order valence-electron chi connectivity index (χ2n) is 7.34. The second-order valence-corrected chi connectivity index (χ2v) is 7.34. The molecule has 1 aromatic rings. The van der Waals surface area contributed by atoms with Gasteiger partial charge in [-0.2, -0.15) is 0 Å². The molecule has 0 spiro atoms. The number of benzene rings is 1. The van der Waals surface area contributed by atoms with Crippen LogP contribution in [0.1, 0.15) is 56.1 Å². The van der Waals surface area contributed by atoms with E-state index in [0.717, 1.165) is 31.4 Å². The minimum Gasteiger partial charge on any atom is -0.497 e. The van der Waals surface area contributed by atoms with E-state index in [0.29, 0.717) is 24.2 Å². The van der Waals surface area contributed by atoms with Crippen LogP contribution in [0.25, 0.3) is 0 Å². The predicted molar refractivity (Wildman–Crippen MR) is 84.0 cm³/mol. The molecule has 1 saturated heterocycles. The Morgan fingerprint density at radius 3 is 2.91 bits per heavy atom. The molecule has 22 heavy (non-hydrogen) atoms. The molecule has 1 aliphatic heterocycles. The molecule has 3 heteroatoms. The van der Waals surface area contributed by atoms with Crippen LogP contribution in [0.4, 0.5) is 0 Å². The molecule has 2 fully saturated rings. The molecule has 0 unspecified atom stereocenters. The minimum absolute atomic E-state index is 0.00172. The van der Waals surface area contributed by atoms with E-state index in [1.54, 1.807) is 7.11 Å². The fourth-order valence-electron chi connectivity index (χ4n) is 5.20. The highest BCUT2D eigenvalue weighted by molar-refractivity contribution is 5.71. The van der Waals surface area contributed by atoms with Gasteiger partial charge in [-0.25, -0.2) is 0 Å². The normalized spacial score (nSPS) is 36.6. The van der Waals surface area contributed by atoms with Gasteiger partial charge >= 0.3 is 5.97 Å². The van der Waals surface area contributed by atoms with Crippen LogP contribution in [-0.4, -0.2) is 18.7 Å². The van der Waals surface area contributed by atoms with Gasteiger partial charge in [-0.1, -0.05) is 6.07 Å². The van der Waals surface area contributed by atoms with Crippen LogP contribution in [0.2, 0.25) is 0 Å². The summed E-state index contributed by atoms with van der Waals surface area (Å²) in [6, 6.07) is 6.57. The number of fused-ring (bicyclic) bond motifs is 5. The van der Waals surface area contributed by atoms with Crippen molar-refractivity contribution in [3.05, 3.63) is 29.3 Å². The lowest BCUT2D eigenvalue weighted by Gasteiger charge is -2.53. The number of hydrogen-bond donors (Lipinski definition) is 0. The molecule has 1 heterocycles. The summed E-state index contributed by atoms with van der Waals surface area (Å²) in [6.45, 7) is 2.16. The Balaban J connectivity index is 1.66. The van der Waals surface area contributed by atoms with Crippen LogP contribution in [0.15, 0.2) is 18.2 Å². The summed E-state index contributed by atoms with van der Waals surface area (Å²) in [5, 5.41) is 0. The largest absolute Gasteiger partial charge is 0.497 e. The maximum absolute atomic E-state index is 11.7. The first kappa shape index (κ1) is 14.1. The number of hydrogen-bond acceptors (Lipinski definition) is 3. The van der Waals surface area contributed by atoms with E-state index in [2.05, 4.69) is 25.1 Å². The average molecular weight is 300 g/mol. The zero-order valence-corrected chi connectivity index (χ0v) is 13.4. The first-order valence-corrected chi connectivity index (χ1v) is 8.49. The highest BCUT2D eigenvalue weighted by Gasteiger charge is 2.52. The Kier molecular flexibility index (Phi) is 3.21. The summed E-state index contributed by atoms with van der Waals surface area (Å²) in [5.74, 6) is 2.78. The van der Waals surface area contributed by atoms with E-state index < -0.39 is 0 Å². The minimum atomic E-state index is -0.222. The number of methoxy groups -OCH3 is 1. The molecule has 0 bridgehead atoms. The highest BCUT2D eigenvalue weighted by atomic mass is 16.6. The topological polar surface area (TPSA) is 35.5 Å². The molecule has 0 N–H and O–H groups in total. The molecule has 0 amide bonds. The van der Waals surface area contributed by atoms with Crippen molar-refractivity contribution >= 4 is 5.97 Å². The second kappa shape index (κ2) is 5.00. The summed E-state index contributed by atoms with van der Waals surface area (Å²) in [7, 11) is 1.73. The van der Waals surface area contributed by atoms with E-state index in [-0.39, 0.29) is 11.6 Å². The molecule has 2 aliphatic carbocycles. The molecule has 0 radical (unpaired) electrons. The van der Waals surface area contributed by atoms with Crippen molar-refractivity contribution in [2.24, 2.45) is 11.8 Å². The molecular weight excluding hydrogens is 276 g/mol. The smallest absolute Gasteiger partial charge is 0.306 e. The third-order valence-corrected chi connectivity index (χ3v) is 6.27. The van der Waals surface area contributed by atoms with Crippen LogP contribution in [0.5, 0.6) is 5.75 Å². The van der Waals surface area contributed by atoms with Crippen molar-refractivity contribution in [3.63, 3.8) is 0 Å².